The summed E-state index contributed by atoms with van der Waals surface area (Å²) >= 11 is 5.23. The third-order valence-electron chi connectivity index (χ3n) is 3.64. The van der Waals surface area contributed by atoms with Crippen LogP contribution in [0.2, 0.25) is 0 Å². The first-order valence-corrected chi connectivity index (χ1v) is 10.6. The molecule has 0 saturated carbocycles. The Balaban J connectivity index is 1.72. The Hall–Kier alpha value is -1.77. The average molecular weight is 389 g/mol. The van der Waals surface area contributed by atoms with Crippen molar-refractivity contribution in [2.45, 2.75) is 24.5 Å². The van der Waals surface area contributed by atoms with Crippen molar-refractivity contribution in [1.29, 1.82) is 0 Å². The molecule has 4 rings (SSSR count). The first kappa shape index (κ1) is 16.7. The van der Waals surface area contributed by atoms with Gasteiger partial charge in [0, 0.05) is 30.1 Å². The topological polar surface area (TPSA) is 60.3 Å². The van der Waals surface area contributed by atoms with Gasteiger partial charge in [-0.2, -0.15) is 0 Å². The summed E-state index contributed by atoms with van der Waals surface area (Å²) in [5.41, 5.74) is 3.97. The largest absolute Gasteiger partial charge is 0.396 e. The minimum atomic E-state index is 0.575. The molecular weight excluding hydrogens is 372 g/mol. The Bertz CT molecular complexity index is 917. The number of hydrogen-bond acceptors (Lipinski definition) is 8. The molecule has 0 amide bonds. The molecule has 0 spiro atoms. The van der Waals surface area contributed by atoms with Crippen LogP contribution in [0.15, 0.2) is 33.9 Å². The molecule has 0 aromatic carbocycles. The summed E-state index contributed by atoms with van der Waals surface area (Å²) < 4.78 is 1.22. The third-order valence-corrected chi connectivity index (χ3v) is 7.32. The van der Waals surface area contributed by atoms with Gasteiger partial charge in [-0.05, 0) is 26.0 Å². The van der Waals surface area contributed by atoms with E-state index >= 15 is 0 Å². The number of oxime groups is 1. The molecule has 1 aliphatic rings. The highest BCUT2D eigenvalue weighted by molar-refractivity contribution is 8.01. The molecule has 8 heteroatoms. The molecule has 4 heterocycles. The van der Waals surface area contributed by atoms with Gasteiger partial charge in [0.05, 0.1) is 14.8 Å². The Labute approximate surface area is 158 Å². The molecule has 0 radical (unpaired) electrons. The van der Waals surface area contributed by atoms with E-state index in [9.17, 15) is 0 Å². The van der Waals surface area contributed by atoms with E-state index in [1.54, 1.807) is 28.9 Å². The maximum atomic E-state index is 5.26. The van der Waals surface area contributed by atoms with Crippen LogP contribution in [-0.4, -0.2) is 33.0 Å². The van der Waals surface area contributed by atoms with Crippen molar-refractivity contribution in [3.63, 3.8) is 0 Å². The fourth-order valence-corrected chi connectivity index (χ4v) is 5.99. The summed E-state index contributed by atoms with van der Waals surface area (Å²) in [4.78, 5) is 20.1. The van der Waals surface area contributed by atoms with Crippen LogP contribution in [-0.2, 0) is 4.84 Å². The third kappa shape index (κ3) is 3.33. The van der Waals surface area contributed by atoms with Crippen LogP contribution in [0.25, 0.3) is 20.5 Å². The fourth-order valence-electron chi connectivity index (χ4n) is 2.48. The summed E-state index contributed by atoms with van der Waals surface area (Å²) in [6.45, 7) is 4.55. The van der Waals surface area contributed by atoms with Crippen molar-refractivity contribution in [2.24, 2.45) is 5.16 Å². The Morgan fingerprint density at radius 1 is 1.24 bits per heavy atom. The second-order valence-electron chi connectivity index (χ2n) is 5.38. The quantitative estimate of drug-likeness (QED) is 0.597. The molecule has 0 aliphatic carbocycles. The van der Waals surface area contributed by atoms with E-state index in [1.807, 2.05) is 43.9 Å². The normalized spacial score (nSPS) is 15.4. The lowest BCUT2D eigenvalue weighted by Crippen LogP contribution is -2.09. The minimum absolute atomic E-state index is 0.575. The summed E-state index contributed by atoms with van der Waals surface area (Å²) in [6.07, 6.45) is 4.51. The number of pyridine rings is 1. The first-order chi connectivity index (χ1) is 12.3. The van der Waals surface area contributed by atoms with Crippen LogP contribution in [0.4, 0.5) is 0 Å². The van der Waals surface area contributed by atoms with Gasteiger partial charge in [0.15, 0.2) is 0 Å². The molecule has 0 N–H and O–H groups in total. The number of nitrogens with zero attached hydrogens (tertiary/aromatic N) is 4. The molecule has 3 aromatic rings. The molecule has 3 aromatic heterocycles. The van der Waals surface area contributed by atoms with Crippen LogP contribution in [0, 0.1) is 6.92 Å². The van der Waals surface area contributed by atoms with E-state index in [-0.39, 0.29) is 0 Å². The average Bonchev–Trinajstić information content (AvgIpc) is 3.24. The molecule has 0 bridgehead atoms. The number of fused-ring (bicyclic) bond motifs is 1. The van der Waals surface area contributed by atoms with E-state index < -0.39 is 0 Å². The van der Waals surface area contributed by atoms with Gasteiger partial charge in [0.2, 0.25) is 0 Å². The predicted molar refractivity (Wildman–Crippen MR) is 105 cm³/mol. The highest BCUT2D eigenvalue weighted by Gasteiger charge is 2.24. The Morgan fingerprint density at radius 3 is 2.96 bits per heavy atom. The van der Waals surface area contributed by atoms with Crippen molar-refractivity contribution in [3.8, 4) is 20.5 Å². The smallest absolute Gasteiger partial charge is 0.137 e. The van der Waals surface area contributed by atoms with Gasteiger partial charge in [0.25, 0.3) is 0 Å². The lowest BCUT2D eigenvalue weighted by Gasteiger charge is -2.10. The second-order valence-corrected chi connectivity index (χ2v) is 8.75. The fraction of sp³-hybridized carbons (Fsp3) is 0.294. The molecule has 0 unspecified atom stereocenters. The highest BCUT2D eigenvalue weighted by Crippen LogP contribution is 2.42. The number of aryl methyl sites for hydroxylation is 1. The van der Waals surface area contributed by atoms with Gasteiger partial charge in [0.1, 0.15) is 28.0 Å². The molecule has 0 saturated heterocycles. The molecular formula is C17H16N4OS3. The van der Waals surface area contributed by atoms with Crippen LogP contribution in [0.1, 0.15) is 24.7 Å². The summed E-state index contributed by atoms with van der Waals surface area (Å²) in [5.74, 6) is 1.02. The lowest BCUT2D eigenvalue weighted by molar-refractivity contribution is 0.158. The maximum Gasteiger partial charge on any atom is 0.137 e. The van der Waals surface area contributed by atoms with Gasteiger partial charge in [-0.15, -0.1) is 34.4 Å². The lowest BCUT2D eigenvalue weighted by atomic mass is 10.2. The van der Waals surface area contributed by atoms with Crippen LogP contribution >= 0.6 is 34.4 Å². The molecule has 25 heavy (non-hydrogen) atoms. The van der Waals surface area contributed by atoms with Gasteiger partial charge in [-0.3, -0.25) is 4.98 Å². The molecule has 0 atom stereocenters. The zero-order chi connectivity index (χ0) is 17.2. The van der Waals surface area contributed by atoms with Crippen molar-refractivity contribution in [3.05, 3.63) is 35.9 Å². The van der Waals surface area contributed by atoms with Gasteiger partial charge in [-0.1, -0.05) is 5.16 Å². The predicted octanol–water partition coefficient (Wildman–Crippen LogP) is 4.87. The van der Waals surface area contributed by atoms with Crippen molar-refractivity contribution in [2.75, 3.05) is 12.4 Å². The van der Waals surface area contributed by atoms with E-state index in [0.717, 1.165) is 49.7 Å². The van der Waals surface area contributed by atoms with Crippen molar-refractivity contribution >= 4 is 40.1 Å². The molecule has 5 nitrogen and oxygen atoms in total. The molecule has 0 fully saturated rings. The van der Waals surface area contributed by atoms with E-state index in [4.69, 9.17) is 14.8 Å². The van der Waals surface area contributed by atoms with E-state index in [2.05, 4.69) is 10.1 Å². The van der Waals surface area contributed by atoms with Crippen molar-refractivity contribution in [1.82, 2.24) is 15.0 Å². The standard InChI is InChI=1S/C17H16N4OS3/c1-3-22-21-12-6-8-23-17-13(12)20-16(25-17)14-10(2)19-15(24-14)11-5-4-7-18-9-11/h4-5,7,9H,3,6,8H2,1-2H3. The molecule has 128 valence electrons. The number of thioether (sulfide) groups is 1. The zero-order valence-electron chi connectivity index (χ0n) is 13.9. The van der Waals surface area contributed by atoms with E-state index in [1.165, 1.54) is 4.21 Å². The van der Waals surface area contributed by atoms with Gasteiger partial charge >= 0.3 is 0 Å². The maximum absolute atomic E-state index is 5.26. The summed E-state index contributed by atoms with van der Waals surface area (Å²) in [7, 11) is 0. The first-order valence-electron chi connectivity index (χ1n) is 7.97. The Kier molecular flexibility index (Phi) is 4.82. The monoisotopic (exact) mass is 388 g/mol. The number of aromatic nitrogens is 3. The number of rotatable bonds is 4. The molecule has 1 aliphatic heterocycles. The van der Waals surface area contributed by atoms with Crippen LogP contribution in [0.5, 0.6) is 0 Å². The van der Waals surface area contributed by atoms with Gasteiger partial charge < -0.3 is 4.84 Å². The van der Waals surface area contributed by atoms with E-state index in [0.29, 0.717) is 6.61 Å². The number of hydrogen-bond donors (Lipinski definition) is 0. The number of thiazole rings is 2. The summed E-state index contributed by atoms with van der Waals surface area (Å²) in [6, 6.07) is 3.96. The highest BCUT2D eigenvalue weighted by atomic mass is 32.2. The van der Waals surface area contributed by atoms with Crippen LogP contribution in [0.3, 0.4) is 0 Å². The zero-order valence-corrected chi connectivity index (χ0v) is 16.3. The van der Waals surface area contributed by atoms with Crippen molar-refractivity contribution < 1.29 is 4.84 Å². The summed E-state index contributed by atoms with van der Waals surface area (Å²) in [5, 5.41) is 6.24. The SMILES string of the molecule is CCON=C1CCSc2sc(-c3sc(-c4cccnc4)nc3C)nc21. The Morgan fingerprint density at radius 2 is 2.16 bits per heavy atom. The minimum Gasteiger partial charge on any atom is -0.396 e. The van der Waals surface area contributed by atoms with Crippen LogP contribution < -0.4 is 0 Å². The second kappa shape index (κ2) is 7.23. The van der Waals surface area contributed by atoms with Gasteiger partial charge in [-0.25, -0.2) is 9.97 Å².